The van der Waals surface area contributed by atoms with Crippen molar-refractivity contribution in [1.82, 2.24) is 0 Å². The van der Waals surface area contributed by atoms with Gasteiger partial charge in [0, 0.05) is 14.8 Å². The summed E-state index contributed by atoms with van der Waals surface area (Å²) in [5.74, 6) is -0.117. The van der Waals surface area contributed by atoms with E-state index in [1.54, 1.807) is 6.07 Å². The van der Waals surface area contributed by atoms with Gasteiger partial charge in [0.15, 0.2) is 11.6 Å². The maximum Gasteiger partial charge on any atom is 0.260 e. The first kappa shape index (κ1) is 17.9. The van der Waals surface area contributed by atoms with E-state index in [2.05, 4.69) is 27.9 Å². The van der Waals surface area contributed by atoms with Crippen molar-refractivity contribution in [2.24, 2.45) is 0 Å². The summed E-state index contributed by atoms with van der Waals surface area (Å²) < 4.78 is 25.7. The van der Waals surface area contributed by atoms with Crippen LogP contribution in [-0.2, 0) is 11.3 Å². The molecule has 6 heteroatoms. The van der Waals surface area contributed by atoms with Crippen molar-refractivity contribution in [3.05, 3.63) is 56.4 Å². The minimum atomic E-state index is -0.360. The van der Waals surface area contributed by atoms with Gasteiger partial charge in [-0.25, -0.2) is 4.39 Å². The Balaban J connectivity index is 2.23. The molecule has 0 saturated carbocycles. The van der Waals surface area contributed by atoms with Crippen LogP contribution in [0.15, 0.2) is 30.3 Å². The summed E-state index contributed by atoms with van der Waals surface area (Å²) in [6, 6.07) is 8.94. The fourth-order valence-corrected chi connectivity index (χ4v) is 2.76. The first-order valence-corrected chi connectivity index (χ1v) is 8.43. The number of aryl methyl sites for hydroxylation is 2. The highest BCUT2D eigenvalue weighted by Gasteiger charge is 2.12. The highest BCUT2D eigenvalue weighted by Crippen LogP contribution is 2.26. The number of nitrogens with one attached hydrogen (secondary N) is 1. The third kappa shape index (κ3) is 4.54. The molecule has 0 aliphatic carbocycles. The predicted octanol–water partition coefficient (Wildman–Crippen LogP) is 4.97. The molecular formula is C17H17FINO2S. The molecule has 0 aliphatic rings. The zero-order valence-corrected chi connectivity index (χ0v) is 16.0. The van der Waals surface area contributed by atoms with Crippen LogP contribution in [0.25, 0.3) is 0 Å². The van der Waals surface area contributed by atoms with Crippen LogP contribution in [0.3, 0.4) is 0 Å². The van der Waals surface area contributed by atoms with Crippen LogP contribution in [-0.4, -0.2) is 12.3 Å². The SMILES string of the molecule is COC(=S)Nc1cccc(I)c1COc1cc(C)c(C)cc1F. The standard InChI is InChI=1S/C17H17FINO2S/c1-10-7-13(18)16(8-11(10)2)22-9-12-14(19)5-4-6-15(12)20-17(23)21-3/h4-8H,9H2,1-3H3,(H,20,23). The van der Waals surface area contributed by atoms with Crippen LogP contribution in [0, 0.1) is 23.2 Å². The normalized spacial score (nSPS) is 10.3. The maximum atomic E-state index is 14.0. The van der Waals surface area contributed by atoms with E-state index >= 15 is 0 Å². The molecule has 23 heavy (non-hydrogen) atoms. The van der Waals surface area contributed by atoms with Gasteiger partial charge in [0.25, 0.3) is 5.17 Å². The Morgan fingerprint density at radius 2 is 1.96 bits per heavy atom. The lowest BCUT2D eigenvalue weighted by Crippen LogP contribution is -2.13. The summed E-state index contributed by atoms with van der Waals surface area (Å²) in [6.45, 7) is 4.03. The van der Waals surface area contributed by atoms with Crippen molar-refractivity contribution < 1.29 is 13.9 Å². The molecule has 3 nitrogen and oxygen atoms in total. The van der Waals surface area contributed by atoms with Gasteiger partial charge in [0.1, 0.15) is 6.61 Å². The average molecular weight is 445 g/mol. The number of rotatable bonds is 4. The van der Waals surface area contributed by atoms with Crippen LogP contribution >= 0.6 is 34.8 Å². The van der Waals surface area contributed by atoms with Crippen LogP contribution in [0.4, 0.5) is 10.1 Å². The Bertz CT molecular complexity index is 737. The molecule has 1 N–H and O–H groups in total. The molecule has 0 atom stereocenters. The number of hydrogen-bond acceptors (Lipinski definition) is 3. The van der Waals surface area contributed by atoms with Crippen LogP contribution in [0.5, 0.6) is 5.75 Å². The molecule has 2 aromatic carbocycles. The van der Waals surface area contributed by atoms with Gasteiger partial charge < -0.3 is 14.8 Å². The lowest BCUT2D eigenvalue weighted by molar-refractivity contribution is 0.289. The second-order valence-electron chi connectivity index (χ2n) is 5.04. The monoisotopic (exact) mass is 445 g/mol. The van der Waals surface area contributed by atoms with Gasteiger partial charge >= 0.3 is 0 Å². The third-order valence-electron chi connectivity index (χ3n) is 3.46. The van der Waals surface area contributed by atoms with E-state index in [-0.39, 0.29) is 23.3 Å². The topological polar surface area (TPSA) is 30.5 Å². The van der Waals surface area contributed by atoms with Crippen molar-refractivity contribution in [3.8, 4) is 5.75 Å². The fourth-order valence-electron chi connectivity index (χ4n) is 2.00. The molecule has 122 valence electrons. The Kier molecular flexibility index (Phi) is 6.17. The molecule has 0 aromatic heterocycles. The second-order valence-corrected chi connectivity index (χ2v) is 6.57. The molecule has 0 amide bonds. The van der Waals surface area contributed by atoms with Crippen molar-refractivity contribution in [2.75, 3.05) is 12.4 Å². The van der Waals surface area contributed by atoms with Crippen LogP contribution in [0.2, 0.25) is 0 Å². The van der Waals surface area contributed by atoms with E-state index in [9.17, 15) is 4.39 Å². The molecule has 2 aromatic rings. The summed E-state index contributed by atoms with van der Waals surface area (Å²) in [4.78, 5) is 0. The summed E-state index contributed by atoms with van der Waals surface area (Å²) in [6.07, 6.45) is 0. The average Bonchev–Trinajstić information content (AvgIpc) is 2.51. The summed E-state index contributed by atoms with van der Waals surface area (Å²) in [5.41, 5.74) is 3.57. The van der Waals surface area contributed by atoms with Crippen LogP contribution in [0.1, 0.15) is 16.7 Å². The molecule has 0 spiro atoms. The molecule has 0 radical (unpaired) electrons. The minimum absolute atomic E-state index is 0.229. The Hall–Kier alpha value is -1.41. The van der Waals surface area contributed by atoms with E-state index < -0.39 is 0 Å². The number of methoxy groups -OCH3 is 1. The predicted molar refractivity (Wildman–Crippen MR) is 103 cm³/mol. The lowest BCUT2D eigenvalue weighted by Gasteiger charge is -2.15. The number of benzene rings is 2. The first-order chi connectivity index (χ1) is 10.9. The van der Waals surface area contributed by atoms with E-state index in [0.717, 1.165) is 25.9 Å². The van der Waals surface area contributed by atoms with E-state index in [1.165, 1.54) is 13.2 Å². The van der Waals surface area contributed by atoms with E-state index in [0.29, 0.717) is 0 Å². The molecule has 0 unspecified atom stereocenters. The largest absolute Gasteiger partial charge is 0.486 e. The van der Waals surface area contributed by atoms with Crippen molar-refractivity contribution in [1.29, 1.82) is 0 Å². The first-order valence-electron chi connectivity index (χ1n) is 6.94. The summed E-state index contributed by atoms with van der Waals surface area (Å²) in [5, 5.41) is 3.27. The second kappa shape index (κ2) is 7.92. The van der Waals surface area contributed by atoms with E-state index in [4.69, 9.17) is 21.7 Å². The molecular weight excluding hydrogens is 428 g/mol. The third-order valence-corrected chi connectivity index (χ3v) is 4.74. The highest BCUT2D eigenvalue weighted by molar-refractivity contribution is 14.1. The number of ether oxygens (including phenoxy) is 2. The number of thiocarbonyl (C=S) groups is 1. The molecule has 0 aliphatic heterocycles. The van der Waals surface area contributed by atoms with Gasteiger partial charge in [0.05, 0.1) is 7.11 Å². The Morgan fingerprint density at radius 3 is 2.65 bits per heavy atom. The number of hydrogen-bond donors (Lipinski definition) is 1. The maximum absolute atomic E-state index is 14.0. The molecule has 0 saturated heterocycles. The smallest absolute Gasteiger partial charge is 0.260 e. The van der Waals surface area contributed by atoms with Gasteiger partial charge in [-0.15, -0.1) is 0 Å². The zero-order valence-electron chi connectivity index (χ0n) is 13.1. The Morgan fingerprint density at radius 1 is 1.26 bits per heavy atom. The van der Waals surface area contributed by atoms with Crippen molar-refractivity contribution in [3.63, 3.8) is 0 Å². The van der Waals surface area contributed by atoms with Crippen molar-refractivity contribution >= 4 is 45.7 Å². The summed E-state index contributed by atoms with van der Waals surface area (Å²) in [7, 11) is 1.50. The molecule has 0 heterocycles. The summed E-state index contributed by atoms with van der Waals surface area (Å²) >= 11 is 7.24. The Labute approximate surface area is 154 Å². The number of anilines is 1. The zero-order chi connectivity index (χ0) is 17.0. The molecule has 0 bridgehead atoms. The van der Waals surface area contributed by atoms with Crippen molar-refractivity contribution in [2.45, 2.75) is 20.5 Å². The van der Waals surface area contributed by atoms with Gasteiger partial charge in [-0.1, -0.05) is 6.07 Å². The van der Waals surface area contributed by atoms with Gasteiger partial charge in [0.2, 0.25) is 0 Å². The molecule has 0 fully saturated rings. The minimum Gasteiger partial charge on any atom is -0.486 e. The number of halogens is 2. The van der Waals surface area contributed by atoms with Gasteiger partial charge in [-0.2, -0.15) is 0 Å². The van der Waals surface area contributed by atoms with Gasteiger partial charge in [-0.05, 0) is 84.0 Å². The van der Waals surface area contributed by atoms with Gasteiger partial charge in [-0.3, -0.25) is 0 Å². The quantitative estimate of drug-likeness (QED) is 0.532. The fraction of sp³-hybridized carbons (Fsp3) is 0.235. The van der Waals surface area contributed by atoms with E-state index in [1.807, 2.05) is 32.0 Å². The highest BCUT2D eigenvalue weighted by atomic mass is 127. The molecule has 2 rings (SSSR count). The van der Waals surface area contributed by atoms with Crippen LogP contribution < -0.4 is 10.1 Å². The lowest BCUT2D eigenvalue weighted by atomic mass is 10.1.